The summed E-state index contributed by atoms with van der Waals surface area (Å²) in [6.07, 6.45) is 1.45. The zero-order valence-corrected chi connectivity index (χ0v) is 20.7. The van der Waals surface area contributed by atoms with E-state index in [-0.39, 0.29) is 39.3 Å². The molecule has 1 aromatic heterocycles. The van der Waals surface area contributed by atoms with E-state index in [1.807, 2.05) is 12.1 Å². The van der Waals surface area contributed by atoms with Gasteiger partial charge in [-0.15, -0.1) is 0 Å². The van der Waals surface area contributed by atoms with Gasteiger partial charge >= 0.3 is 5.97 Å². The first-order valence-electron chi connectivity index (χ1n) is 10.6. The van der Waals surface area contributed by atoms with E-state index >= 15 is 0 Å². The molecule has 11 heteroatoms. The molecule has 0 spiro atoms. The van der Waals surface area contributed by atoms with E-state index < -0.39 is 11.5 Å². The largest absolute Gasteiger partial charge is 0.493 e. The number of hydrogen-bond donors (Lipinski definition) is 2. The first-order valence-corrected chi connectivity index (χ1v) is 11.4. The molecule has 0 aliphatic carbocycles. The van der Waals surface area contributed by atoms with Gasteiger partial charge in [0, 0.05) is 10.6 Å². The average molecular weight is 534 g/mol. The number of aromatic nitrogens is 2. The second-order valence-electron chi connectivity index (χ2n) is 7.41. The Labute approximate surface area is 220 Å². The molecule has 0 saturated carbocycles. The summed E-state index contributed by atoms with van der Waals surface area (Å²) in [5.74, 6) is -0.169. The quantitative estimate of drug-likeness (QED) is 0.143. The molecular formula is C26H17Cl2N5O4. The highest BCUT2D eigenvalue weighted by molar-refractivity contribution is 6.36. The van der Waals surface area contributed by atoms with Crippen LogP contribution in [0.1, 0.15) is 21.5 Å². The van der Waals surface area contributed by atoms with Gasteiger partial charge in [-0.3, -0.25) is 9.78 Å². The number of nitrogens with one attached hydrogen (secondary N) is 2. The number of benzene rings is 3. The van der Waals surface area contributed by atoms with Crippen LogP contribution >= 0.6 is 23.2 Å². The van der Waals surface area contributed by atoms with Gasteiger partial charge in [-0.2, -0.15) is 10.4 Å². The lowest BCUT2D eigenvalue weighted by Gasteiger charge is -2.11. The number of rotatable bonds is 7. The number of H-pyrrole nitrogens is 1. The van der Waals surface area contributed by atoms with Crippen LogP contribution in [0.25, 0.3) is 11.3 Å². The Balaban J connectivity index is 1.52. The third kappa shape index (κ3) is 5.95. The Hall–Kier alpha value is -4.65. The second-order valence-corrected chi connectivity index (χ2v) is 8.25. The van der Waals surface area contributed by atoms with Crippen LogP contribution in [0.4, 0.5) is 5.95 Å². The van der Waals surface area contributed by atoms with Gasteiger partial charge in [0.05, 0.1) is 29.6 Å². The van der Waals surface area contributed by atoms with Crippen molar-refractivity contribution >= 4 is 41.3 Å². The molecule has 0 saturated heterocycles. The summed E-state index contributed by atoms with van der Waals surface area (Å²) in [7, 11) is 1.43. The number of esters is 1. The summed E-state index contributed by atoms with van der Waals surface area (Å²) in [5.41, 5.74) is 3.55. The monoisotopic (exact) mass is 533 g/mol. The van der Waals surface area contributed by atoms with Crippen molar-refractivity contribution in [2.24, 2.45) is 5.10 Å². The van der Waals surface area contributed by atoms with Crippen molar-refractivity contribution in [3.05, 3.63) is 104 Å². The maximum absolute atomic E-state index is 12.5. The predicted octanol–water partition coefficient (Wildman–Crippen LogP) is 5.29. The molecule has 4 aromatic rings. The van der Waals surface area contributed by atoms with Crippen molar-refractivity contribution in [3.63, 3.8) is 0 Å². The molecule has 2 N–H and O–H groups in total. The summed E-state index contributed by atoms with van der Waals surface area (Å²) in [4.78, 5) is 31.7. The minimum atomic E-state index is -0.673. The van der Waals surface area contributed by atoms with E-state index in [0.29, 0.717) is 16.1 Å². The van der Waals surface area contributed by atoms with Gasteiger partial charge in [0.1, 0.15) is 11.6 Å². The first-order chi connectivity index (χ1) is 17.9. The van der Waals surface area contributed by atoms with Crippen LogP contribution in [-0.2, 0) is 0 Å². The smallest absolute Gasteiger partial charge is 0.345 e. The number of carbonyl (C=O) groups excluding carboxylic acids is 1. The van der Waals surface area contributed by atoms with Crippen LogP contribution in [0.15, 0.2) is 76.6 Å². The fraction of sp³-hybridized carbons (Fsp3) is 0.0385. The van der Waals surface area contributed by atoms with Crippen molar-refractivity contribution in [1.82, 2.24) is 9.97 Å². The summed E-state index contributed by atoms with van der Waals surface area (Å²) in [6.45, 7) is 0. The summed E-state index contributed by atoms with van der Waals surface area (Å²) >= 11 is 12.0. The molecule has 0 amide bonds. The van der Waals surface area contributed by atoms with Crippen LogP contribution in [0, 0.1) is 11.3 Å². The van der Waals surface area contributed by atoms with E-state index in [4.69, 9.17) is 32.7 Å². The normalized spacial score (nSPS) is 10.6. The fourth-order valence-corrected chi connectivity index (χ4v) is 3.75. The number of ether oxygens (including phenoxy) is 2. The Bertz CT molecular complexity index is 1600. The van der Waals surface area contributed by atoms with Crippen LogP contribution in [0.2, 0.25) is 10.0 Å². The topological polar surface area (TPSA) is 129 Å². The van der Waals surface area contributed by atoms with Gasteiger partial charge in [0.15, 0.2) is 11.5 Å². The Kier molecular flexibility index (Phi) is 7.83. The summed E-state index contributed by atoms with van der Waals surface area (Å²) in [5, 5.41) is 14.0. The standard InChI is InChI=1S/C26H17Cl2N5O4/c1-36-22-11-15(7-10-21(22)37-25(35)18-9-8-17(27)12-20(18)28)14-30-33-26-31-23(16-5-3-2-4-6-16)19(13-29)24(34)32-26/h2-12,14H,1H3,(H2,31,32,33,34). The van der Waals surface area contributed by atoms with Crippen molar-refractivity contribution < 1.29 is 14.3 Å². The third-order valence-electron chi connectivity index (χ3n) is 5.00. The van der Waals surface area contributed by atoms with E-state index in [1.165, 1.54) is 37.6 Å². The fourth-order valence-electron chi connectivity index (χ4n) is 3.26. The highest BCUT2D eigenvalue weighted by atomic mass is 35.5. The van der Waals surface area contributed by atoms with Crippen LogP contribution in [0.3, 0.4) is 0 Å². The molecule has 4 rings (SSSR count). The van der Waals surface area contributed by atoms with Gasteiger partial charge in [0.25, 0.3) is 5.56 Å². The van der Waals surface area contributed by atoms with Crippen LogP contribution in [-0.4, -0.2) is 29.3 Å². The predicted molar refractivity (Wildman–Crippen MR) is 141 cm³/mol. The van der Waals surface area contributed by atoms with Gasteiger partial charge in [-0.05, 0) is 42.0 Å². The van der Waals surface area contributed by atoms with E-state index in [2.05, 4.69) is 20.5 Å². The zero-order chi connectivity index (χ0) is 26.4. The van der Waals surface area contributed by atoms with Crippen molar-refractivity contribution in [1.29, 1.82) is 5.26 Å². The maximum Gasteiger partial charge on any atom is 0.345 e. The maximum atomic E-state index is 12.5. The number of anilines is 1. The number of aromatic amines is 1. The molecule has 37 heavy (non-hydrogen) atoms. The van der Waals surface area contributed by atoms with Gasteiger partial charge in [-0.25, -0.2) is 15.2 Å². The number of nitrogens with zero attached hydrogens (tertiary/aromatic N) is 3. The average Bonchev–Trinajstić information content (AvgIpc) is 2.89. The van der Waals surface area contributed by atoms with Crippen molar-refractivity contribution in [3.8, 4) is 28.8 Å². The number of nitriles is 1. The molecule has 3 aromatic carbocycles. The van der Waals surface area contributed by atoms with E-state index in [0.717, 1.165) is 0 Å². The highest BCUT2D eigenvalue weighted by Gasteiger charge is 2.16. The summed E-state index contributed by atoms with van der Waals surface area (Å²) in [6, 6.07) is 20.0. The lowest BCUT2D eigenvalue weighted by Crippen LogP contribution is -2.16. The molecular weight excluding hydrogens is 517 g/mol. The molecule has 184 valence electrons. The van der Waals surface area contributed by atoms with Crippen molar-refractivity contribution in [2.75, 3.05) is 12.5 Å². The Morgan fingerprint density at radius 1 is 1.11 bits per heavy atom. The third-order valence-corrected chi connectivity index (χ3v) is 5.55. The molecule has 0 bridgehead atoms. The van der Waals surface area contributed by atoms with Crippen molar-refractivity contribution in [2.45, 2.75) is 0 Å². The molecule has 0 radical (unpaired) electrons. The lowest BCUT2D eigenvalue weighted by molar-refractivity contribution is 0.0730. The SMILES string of the molecule is COc1cc(C=NNc2nc(-c3ccccc3)c(C#N)c(=O)[nH]2)ccc1OC(=O)c1ccc(Cl)cc1Cl. The highest BCUT2D eigenvalue weighted by Crippen LogP contribution is 2.30. The molecule has 1 heterocycles. The van der Waals surface area contributed by atoms with Gasteiger partial charge < -0.3 is 9.47 Å². The van der Waals surface area contributed by atoms with E-state index in [9.17, 15) is 14.9 Å². The summed E-state index contributed by atoms with van der Waals surface area (Å²) < 4.78 is 10.8. The van der Waals surface area contributed by atoms with E-state index in [1.54, 1.807) is 36.4 Å². The van der Waals surface area contributed by atoms with Gasteiger partial charge in [-0.1, -0.05) is 53.5 Å². The van der Waals surface area contributed by atoms with Crippen LogP contribution < -0.4 is 20.5 Å². The molecule has 0 aliphatic rings. The number of methoxy groups -OCH3 is 1. The molecule has 0 aliphatic heterocycles. The Morgan fingerprint density at radius 2 is 1.89 bits per heavy atom. The number of hydrogen-bond acceptors (Lipinski definition) is 8. The number of carbonyl (C=O) groups is 1. The molecule has 0 unspecified atom stereocenters. The molecule has 0 atom stereocenters. The number of halogens is 2. The zero-order valence-electron chi connectivity index (χ0n) is 19.2. The minimum Gasteiger partial charge on any atom is -0.493 e. The number of hydrazone groups is 1. The van der Waals surface area contributed by atoms with Crippen LogP contribution in [0.5, 0.6) is 11.5 Å². The molecule has 9 nitrogen and oxygen atoms in total. The second kappa shape index (κ2) is 11.4. The van der Waals surface area contributed by atoms with Gasteiger partial charge in [0.2, 0.25) is 5.95 Å². The molecule has 0 fully saturated rings. The first kappa shape index (κ1) is 25.4. The Morgan fingerprint density at radius 3 is 2.59 bits per heavy atom. The lowest BCUT2D eigenvalue weighted by atomic mass is 10.1. The minimum absolute atomic E-state index is 0.0523.